The number of hydrogen-bond donors (Lipinski definition) is 5. The van der Waals surface area contributed by atoms with Crippen LogP contribution in [0, 0.1) is 11.8 Å². The van der Waals surface area contributed by atoms with Crippen LogP contribution in [-0.4, -0.2) is 90.1 Å². The molecular formula is C26H33NO9. The van der Waals surface area contributed by atoms with Crippen LogP contribution in [-0.2, 0) is 19.1 Å². The summed E-state index contributed by atoms with van der Waals surface area (Å²) in [6.07, 6.45) is -2.84. The van der Waals surface area contributed by atoms with Crippen LogP contribution in [0.1, 0.15) is 41.0 Å². The maximum absolute atomic E-state index is 13.4. The highest BCUT2D eigenvalue weighted by Crippen LogP contribution is 2.59. The molecule has 1 amide bonds. The fourth-order valence-corrected chi connectivity index (χ4v) is 6.85. The Hall–Kier alpha value is -2.34. The topological polar surface area (TPSA) is 157 Å². The number of allylic oxidation sites excluding steroid dienone is 2. The van der Waals surface area contributed by atoms with E-state index in [-0.39, 0.29) is 22.6 Å². The van der Waals surface area contributed by atoms with Crippen LogP contribution in [0.2, 0.25) is 0 Å². The molecule has 196 valence electrons. The van der Waals surface area contributed by atoms with Crippen molar-refractivity contribution in [2.75, 3.05) is 0 Å². The molecule has 10 nitrogen and oxygen atoms in total. The van der Waals surface area contributed by atoms with Crippen molar-refractivity contribution >= 4 is 11.7 Å². The van der Waals surface area contributed by atoms with E-state index in [1.165, 1.54) is 30.9 Å². The molecule has 0 spiro atoms. The van der Waals surface area contributed by atoms with Gasteiger partial charge in [-0.25, -0.2) is 0 Å². The van der Waals surface area contributed by atoms with Gasteiger partial charge in [-0.2, -0.15) is 0 Å². The fraction of sp³-hybridized carbons (Fsp3) is 0.615. The van der Waals surface area contributed by atoms with E-state index >= 15 is 0 Å². The van der Waals surface area contributed by atoms with Gasteiger partial charge in [0.15, 0.2) is 12.1 Å². The van der Waals surface area contributed by atoms with Gasteiger partial charge in [0.1, 0.15) is 35.2 Å². The molecule has 1 saturated heterocycles. The molecule has 3 heterocycles. The highest BCUT2D eigenvalue weighted by molar-refractivity contribution is 6.05. The van der Waals surface area contributed by atoms with Gasteiger partial charge in [-0.3, -0.25) is 14.5 Å². The Balaban J connectivity index is 1.63. The summed E-state index contributed by atoms with van der Waals surface area (Å²) >= 11 is 0. The van der Waals surface area contributed by atoms with Crippen LogP contribution < -0.4 is 0 Å². The lowest BCUT2D eigenvalue weighted by Gasteiger charge is -2.43. The number of rotatable bonds is 3. The number of aliphatic hydroxyl groups excluding tert-OH is 4. The monoisotopic (exact) mass is 503 g/mol. The number of aliphatic hydroxyl groups is 5. The summed E-state index contributed by atoms with van der Waals surface area (Å²) in [5, 5.41) is 54.3. The molecule has 0 unspecified atom stereocenters. The third-order valence-corrected chi connectivity index (χ3v) is 8.68. The Bertz CT molecular complexity index is 1150. The Morgan fingerprint density at radius 3 is 2.39 bits per heavy atom. The fourth-order valence-electron chi connectivity index (χ4n) is 6.85. The Morgan fingerprint density at radius 2 is 1.75 bits per heavy atom. The molecule has 36 heavy (non-hydrogen) atoms. The molecule has 0 bridgehead atoms. The van der Waals surface area contributed by atoms with Gasteiger partial charge in [0.25, 0.3) is 5.91 Å². The first-order chi connectivity index (χ1) is 16.8. The quantitative estimate of drug-likeness (QED) is 0.343. The van der Waals surface area contributed by atoms with Crippen molar-refractivity contribution in [3.63, 3.8) is 0 Å². The van der Waals surface area contributed by atoms with Crippen molar-refractivity contribution in [3.8, 4) is 0 Å². The van der Waals surface area contributed by atoms with E-state index in [0.717, 1.165) is 0 Å². The van der Waals surface area contributed by atoms with Crippen molar-refractivity contribution in [3.05, 3.63) is 46.4 Å². The van der Waals surface area contributed by atoms with Crippen LogP contribution in [0.3, 0.4) is 0 Å². The Morgan fingerprint density at radius 1 is 1.08 bits per heavy atom. The van der Waals surface area contributed by atoms with Gasteiger partial charge in [-0.15, -0.1) is 0 Å². The average molecular weight is 504 g/mol. The smallest absolute Gasteiger partial charge is 0.258 e. The Labute approximate surface area is 208 Å². The number of carbonyl (C=O) groups is 2. The van der Waals surface area contributed by atoms with Crippen LogP contribution in [0.5, 0.6) is 0 Å². The van der Waals surface area contributed by atoms with Gasteiger partial charge in [0.05, 0.1) is 23.5 Å². The predicted molar refractivity (Wildman–Crippen MR) is 125 cm³/mol. The van der Waals surface area contributed by atoms with Gasteiger partial charge in [0.2, 0.25) is 0 Å². The molecule has 0 aromatic carbocycles. The Kier molecular flexibility index (Phi) is 5.68. The molecule has 0 aromatic heterocycles. The van der Waals surface area contributed by atoms with E-state index in [9.17, 15) is 35.1 Å². The number of amides is 1. The largest absolute Gasteiger partial charge is 0.509 e. The molecule has 1 saturated carbocycles. The zero-order valence-electron chi connectivity index (χ0n) is 20.9. The minimum Gasteiger partial charge on any atom is -0.509 e. The molecular weight excluding hydrogens is 470 g/mol. The highest BCUT2D eigenvalue weighted by Gasteiger charge is 2.66. The molecule has 0 radical (unpaired) electrons. The van der Waals surface area contributed by atoms with E-state index in [2.05, 4.69) is 0 Å². The SMILES string of the molecule is CC[C@@]12C=C(C)[C@@H]3[C@@H](C)[C@H](O[C@H]4O[C@H](C)[C@@H](O)[C@H](O)[C@@H]4O)C4=CC(=O)C=C(N1C(=O)C(C)=C2O)[C@@]43O. The van der Waals surface area contributed by atoms with Crippen LogP contribution in [0.25, 0.3) is 0 Å². The first kappa shape index (κ1) is 25.3. The molecule has 5 aliphatic rings. The van der Waals surface area contributed by atoms with Gasteiger partial charge < -0.3 is 35.0 Å². The van der Waals surface area contributed by atoms with Crippen LogP contribution >= 0.6 is 0 Å². The molecule has 2 aliphatic carbocycles. The van der Waals surface area contributed by atoms with E-state index in [1.54, 1.807) is 6.08 Å². The number of nitrogens with zero attached hydrogens (tertiary/aromatic N) is 1. The number of fused-ring (bicyclic) bond motifs is 2. The average Bonchev–Trinajstić information content (AvgIpc) is 3.11. The van der Waals surface area contributed by atoms with Gasteiger partial charge in [0, 0.05) is 17.6 Å². The van der Waals surface area contributed by atoms with Gasteiger partial charge >= 0.3 is 0 Å². The number of carbonyl (C=O) groups excluding carboxylic acids is 2. The molecule has 10 atom stereocenters. The summed E-state index contributed by atoms with van der Waals surface area (Å²) in [6, 6.07) is 0. The summed E-state index contributed by atoms with van der Waals surface area (Å²) in [4.78, 5) is 27.7. The summed E-state index contributed by atoms with van der Waals surface area (Å²) in [7, 11) is 0. The molecule has 5 N–H and O–H groups in total. The second kappa shape index (κ2) is 8.08. The summed E-state index contributed by atoms with van der Waals surface area (Å²) < 4.78 is 11.8. The molecule has 3 aliphatic heterocycles. The predicted octanol–water partition coefficient (Wildman–Crippen LogP) is 0.372. The third-order valence-electron chi connectivity index (χ3n) is 8.68. The highest BCUT2D eigenvalue weighted by atomic mass is 16.7. The first-order valence-electron chi connectivity index (χ1n) is 12.3. The van der Waals surface area contributed by atoms with Crippen molar-refractivity contribution in [2.45, 2.75) is 89.0 Å². The number of hydrogen-bond acceptors (Lipinski definition) is 9. The summed E-state index contributed by atoms with van der Waals surface area (Å²) in [5.74, 6) is -2.15. The van der Waals surface area contributed by atoms with Crippen LogP contribution in [0.4, 0.5) is 0 Å². The lowest BCUT2D eigenvalue weighted by atomic mass is 9.76. The standard InChI is InChI=1S/C26H33NO9/c1-6-25-9-10(2)17-11(3)21(36-24-20(31)19(30)18(29)13(5)35-24)15-7-14(28)8-16(26(15,17)34)27(25)23(33)12(4)22(25)32/h7-9,11,13,17-21,24,29-32,34H,6H2,1-5H3/t11-,13-,17-,18-,19+,20+,21+,24-,25+,26+/m1/s1. The lowest BCUT2D eigenvalue weighted by Crippen LogP contribution is -2.58. The van der Waals surface area contributed by atoms with Gasteiger partial charge in [-0.05, 0) is 39.2 Å². The number of ketones is 1. The molecule has 5 rings (SSSR count). The lowest BCUT2D eigenvalue weighted by molar-refractivity contribution is -0.303. The zero-order valence-corrected chi connectivity index (χ0v) is 20.9. The van der Waals surface area contributed by atoms with E-state index in [1.807, 2.05) is 20.8 Å². The summed E-state index contributed by atoms with van der Waals surface area (Å²) in [6.45, 7) is 8.52. The maximum Gasteiger partial charge on any atom is 0.258 e. The second-order valence-electron chi connectivity index (χ2n) is 10.7. The minimum absolute atomic E-state index is 0.0743. The second-order valence-corrected chi connectivity index (χ2v) is 10.7. The maximum atomic E-state index is 13.4. The number of ether oxygens (including phenoxy) is 2. The molecule has 2 fully saturated rings. The third kappa shape index (κ3) is 3.00. The van der Waals surface area contributed by atoms with Gasteiger partial charge in [-0.1, -0.05) is 25.5 Å². The minimum atomic E-state index is -1.81. The van der Waals surface area contributed by atoms with E-state index in [4.69, 9.17) is 9.47 Å². The molecule has 0 aromatic rings. The van der Waals surface area contributed by atoms with E-state index in [0.29, 0.717) is 12.0 Å². The van der Waals surface area contributed by atoms with Crippen molar-refractivity contribution in [1.29, 1.82) is 0 Å². The molecule has 10 heteroatoms. The van der Waals surface area contributed by atoms with Crippen molar-refractivity contribution in [1.82, 2.24) is 4.90 Å². The van der Waals surface area contributed by atoms with Crippen molar-refractivity contribution in [2.24, 2.45) is 11.8 Å². The van der Waals surface area contributed by atoms with Crippen molar-refractivity contribution < 1.29 is 44.6 Å². The van der Waals surface area contributed by atoms with Crippen LogP contribution in [0.15, 0.2) is 46.4 Å². The normalized spacial score (nSPS) is 46.2. The summed E-state index contributed by atoms with van der Waals surface area (Å²) in [5.41, 5.74) is -1.90. The first-order valence-corrected chi connectivity index (χ1v) is 12.3. The zero-order chi connectivity index (χ0) is 26.5. The van der Waals surface area contributed by atoms with E-state index < -0.39 is 71.5 Å².